The fourth-order valence-corrected chi connectivity index (χ4v) is 3.47. The molecule has 3 heteroatoms. The summed E-state index contributed by atoms with van der Waals surface area (Å²) < 4.78 is 0. The van der Waals surface area contributed by atoms with Gasteiger partial charge < -0.3 is 0 Å². The van der Waals surface area contributed by atoms with Gasteiger partial charge in [-0.3, -0.25) is 10.2 Å². The Morgan fingerprint density at radius 2 is 2.06 bits per heavy atom. The van der Waals surface area contributed by atoms with Gasteiger partial charge in [0.1, 0.15) is 5.54 Å². The first-order valence-corrected chi connectivity index (χ1v) is 7.40. The molecule has 2 aliphatic rings. The average molecular weight is 249 g/mol. The lowest BCUT2D eigenvalue weighted by Gasteiger charge is -2.36. The van der Waals surface area contributed by atoms with Crippen LogP contribution in [0.15, 0.2) is 0 Å². The van der Waals surface area contributed by atoms with E-state index in [0.717, 1.165) is 19.0 Å². The van der Waals surface area contributed by atoms with Crippen LogP contribution in [0, 0.1) is 23.2 Å². The van der Waals surface area contributed by atoms with E-state index in [9.17, 15) is 5.26 Å². The first-order valence-electron chi connectivity index (χ1n) is 7.40. The number of likely N-dealkylation sites (tertiary alicyclic amines) is 1. The van der Waals surface area contributed by atoms with Crippen molar-refractivity contribution in [2.24, 2.45) is 11.8 Å². The topological polar surface area (TPSA) is 39.1 Å². The number of rotatable bonds is 5. The van der Waals surface area contributed by atoms with Gasteiger partial charge in [-0.2, -0.15) is 5.26 Å². The van der Waals surface area contributed by atoms with Crippen LogP contribution in [0.5, 0.6) is 0 Å². The first-order chi connectivity index (χ1) is 8.47. The lowest BCUT2D eigenvalue weighted by molar-refractivity contribution is 0.181. The number of hydrogen-bond acceptors (Lipinski definition) is 3. The van der Waals surface area contributed by atoms with Crippen LogP contribution in [0.25, 0.3) is 0 Å². The van der Waals surface area contributed by atoms with Gasteiger partial charge >= 0.3 is 0 Å². The Balaban J connectivity index is 2.08. The van der Waals surface area contributed by atoms with Crippen molar-refractivity contribution in [3.8, 4) is 6.07 Å². The zero-order valence-electron chi connectivity index (χ0n) is 12.2. The summed E-state index contributed by atoms with van der Waals surface area (Å²) in [7, 11) is 0. The summed E-state index contributed by atoms with van der Waals surface area (Å²) in [6, 6.07) is 3.62. The van der Waals surface area contributed by atoms with Crippen molar-refractivity contribution < 1.29 is 0 Å². The Bertz CT molecular complexity index is 329. The fraction of sp³-hybridized carbons (Fsp3) is 0.933. The number of nitriles is 1. The Labute approximate surface area is 112 Å². The summed E-state index contributed by atoms with van der Waals surface area (Å²) in [4.78, 5) is 2.52. The minimum absolute atomic E-state index is 0.313. The molecule has 0 aromatic carbocycles. The van der Waals surface area contributed by atoms with Crippen LogP contribution in [-0.2, 0) is 0 Å². The average Bonchev–Trinajstić information content (AvgIpc) is 3.06. The maximum absolute atomic E-state index is 9.71. The van der Waals surface area contributed by atoms with Crippen molar-refractivity contribution in [2.75, 3.05) is 13.1 Å². The molecule has 1 aliphatic heterocycles. The van der Waals surface area contributed by atoms with Crippen LogP contribution >= 0.6 is 0 Å². The summed E-state index contributed by atoms with van der Waals surface area (Å²) in [5, 5.41) is 13.3. The fourth-order valence-electron chi connectivity index (χ4n) is 3.47. The molecule has 0 amide bonds. The molecule has 1 saturated heterocycles. The number of hydrogen-bond donors (Lipinski definition) is 1. The van der Waals surface area contributed by atoms with E-state index in [0.29, 0.717) is 18.0 Å². The van der Waals surface area contributed by atoms with E-state index in [1.54, 1.807) is 0 Å². The van der Waals surface area contributed by atoms with Crippen molar-refractivity contribution in [1.29, 1.82) is 5.26 Å². The van der Waals surface area contributed by atoms with Crippen molar-refractivity contribution in [2.45, 2.75) is 64.6 Å². The minimum Gasteiger partial charge on any atom is -0.297 e. The van der Waals surface area contributed by atoms with Crippen LogP contribution in [0.1, 0.15) is 47.0 Å². The smallest absolute Gasteiger partial charge is 0.122 e. The van der Waals surface area contributed by atoms with Gasteiger partial charge in [0.2, 0.25) is 0 Å². The van der Waals surface area contributed by atoms with Gasteiger partial charge in [0.05, 0.1) is 6.07 Å². The van der Waals surface area contributed by atoms with Crippen LogP contribution in [0.3, 0.4) is 0 Å². The lowest BCUT2D eigenvalue weighted by Crippen LogP contribution is -2.57. The predicted molar refractivity (Wildman–Crippen MR) is 74.2 cm³/mol. The molecule has 0 bridgehead atoms. The molecule has 1 saturated carbocycles. The Morgan fingerprint density at radius 1 is 1.39 bits per heavy atom. The summed E-state index contributed by atoms with van der Waals surface area (Å²) in [6.45, 7) is 11.0. The molecule has 3 nitrogen and oxygen atoms in total. The normalized spacial score (nSPS) is 32.4. The molecule has 0 radical (unpaired) electrons. The van der Waals surface area contributed by atoms with Crippen LogP contribution < -0.4 is 5.32 Å². The lowest BCUT2D eigenvalue weighted by atomic mass is 9.92. The molecular formula is C15H27N3. The van der Waals surface area contributed by atoms with Crippen LogP contribution in [0.4, 0.5) is 0 Å². The van der Waals surface area contributed by atoms with Crippen LogP contribution in [-0.4, -0.2) is 35.6 Å². The third kappa shape index (κ3) is 2.87. The van der Waals surface area contributed by atoms with Crippen LogP contribution in [0.2, 0.25) is 0 Å². The summed E-state index contributed by atoms with van der Waals surface area (Å²) in [6.07, 6.45) is 3.70. The van der Waals surface area contributed by atoms with E-state index >= 15 is 0 Å². The van der Waals surface area contributed by atoms with Crippen molar-refractivity contribution in [3.05, 3.63) is 0 Å². The second-order valence-electron chi connectivity index (χ2n) is 6.78. The SMILES string of the molecule is CC1CC(C)N(CC(C#N)(NC(C)C)C2CC2)C1. The molecule has 1 aliphatic carbocycles. The highest BCUT2D eigenvalue weighted by atomic mass is 15.2. The molecule has 2 fully saturated rings. The largest absolute Gasteiger partial charge is 0.297 e. The molecule has 1 heterocycles. The zero-order chi connectivity index (χ0) is 13.3. The highest BCUT2D eigenvalue weighted by molar-refractivity contribution is 5.17. The maximum atomic E-state index is 9.71. The van der Waals surface area contributed by atoms with Gasteiger partial charge in [0.15, 0.2) is 0 Å². The molecule has 102 valence electrons. The molecule has 3 atom stereocenters. The summed E-state index contributed by atoms with van der Waals surface area (Å²) >= 11 is 0. The minimum atomic E-state index is -0.313. The number of nitrogens with one attached hydrogen (secondary N) is 1. The molecule has 0 spiro atoms. The van der Waals surface area contributed by atoms with Crippen molar-refractivity contribution >= 4 is 0 Å². The second kappa shape index (κ2) is 5.19. The van der Waals surface area contributed by atoms with Gasteiger partial charge in [-0.05, 0) is 51.9 Å². The van der Waals surface area contributed by atoms with Gasteiger partial charge in [-0.1, -0.05) is 6.92 Å². The van der Waals surface area contributed by atoms with Gasteiger partial charge in [0.25, 0.3) is 0 Å². The third-order valence-corrected chi connectivity index (χ3v) is 4.39. The molecule has 1 N–H and O–H groups in total. The van der Waals surface area contributed by atoms with Crippen molar-refractivity contribution in [3.63, 3.8) is 0 Å². The van der Waals surface area contributed by atoms with E-state index < -0.39 is 0 Å². The Morgan fingerprint density at radius 3 is 2.44 bits per heavy atom. The molecule has 0 aromatic rings. The van der Waals surface area contributed by atoms with Gasteiger partial charge in [-0.15, -0.1) is 0 Å². The Hall–Kier alpha value is -0.590. The van der Waals surface area contributed by atoms with E-state index in [1.807, 2.05) is 0 Å². The standard InChI is InChI=1S/C15H27N3/c1-11(2)17-15(9-16,14-5-6-14)10-18-8-12(3)7-13(18)4/h11-14,17H,5-8,10H2,1-4H3. The summed E-state index contributed by atoms with van der Waals surface area (Å²) in [5.41, 5.74) is -0.313. The highest BCUT2D eigenvalue weighted by Crippen LogP contribution is 2.41. The molecule has 2 rings (SSSR count). The molecule has 0 aromatic heterocycles. The quantitative estimate of drug-likeness (QED) is 0.813. The van der Waals surface area contributed by atoms with E-state index in [1.165, 1.54) is 19.3 Å². The first kappa shape index (κ1) is 13.8. The Kier molecular flexibility index (Phi) is 3.99. The van der Waals surface area contributed by atoms with Gasteiger partial charge in [-0.25, -0.2) is 0 Å². The number of nitrogens with zero attached hydrogens (tertiary/aromatic N) is 2. The van der Waals surface area contributed by atoms with Gasteiger partial charge in [0, 0.05) is 25.2 Å². The molecule has 18 heavy (non-hydrogen) atoms. The maximum Gasteiger partial charge on any atom is 0.122 e. The molecule has 3 unspecified atom stereocenters. The van der Waals surface area contributed by atoms with Crippen molar-refractivity contribution in [1.82, 2.24) is 10.2 Å². The molecular weight excluding hydrogens is 222 g/mol. The zero-order valence-corrected chi connectivity index (χ0v) is 12.2. The summed E-state index contributed by atoms with van der Waals surface area (Å²) in [5.74, 6) is 1.34. The van der Waals surface area contributed by atoms with E-state index in [2.05, 4.69) is 44.0 Å². The second-order valence-corrected chi connectivity index (χ2v) is 6.78. The van der Waals surface area contributed by atoms with E-state index in [4.69, 9.17) is 0 Å². The van der Waals surface area contributed by atoms with E-state index in [-0.39, 0.29) is 5.54 Å². The highest BCUT2D eigenvalue weighted by Gasteiger charge is 2.48. The third-order valence-electron chi connectivity index (χ3n) is 4.39. The monoisotopic (exact) mass is 249 g/mol. The predicted octanol–water partition coefficient (Wildman–Crippen LogP) is 2.39.